The Morgan fingerprint density at radius 3 is 1.93 bits per heavy atom. The molecule has 2 fully saturated rings. The predicted octanol–water partition coefficient (Wildman–Crippen LogP) is 7.22. The van der Waals surface area contributed by atoms with Crippen LogP contribution in [-0.2, 0) is 0 Å². The van der Waals surface area contributed by atoms with Crippen LogP contribution in [0.1, 0.15) is 69.3 Å². The summed E-state index contributed by atoms with van der Waals surface area (Å²) in [5.41, 5.74) is 0.555. The normalized spacial score (nSPS) is 28.9. The van der Waals surface area contributed by atoms with Gasteiger partial charge in [-0.2, -0.15) is 8.78 Å². The van der Waals surface area contributed by atoms with Crippen molar-refractivity contribution in [3.8, 4) is 5.75 Å². The van der Waals surface area contributed by atoms with Crippen molar-refractivity contribution in [1.82, 2.24) is 0 Å². The van der Waals surface area contributed by atoms with E-state index in [4.69, 9.17) is 0 Å². The molecule has 2 saturated carbocycles. The summed E-state index contributed by atoms with van der Waals surface area (Å²) in [6, 6.07) is 2.32. The Kier molecular flexibility index (Phi) is 6.83. The van der Waals surface area contributed by atoms with Gasteiger partial charge in [-0.25, -0.2) is 8.78 Å². The Balaban J connectivity index is 1.56. The summed E-state index contributed by atoms with van der Waals surface area (Å²) >= 11 is 0. The van der Waals surface area contributed by atoms with Gasteiger partial charge >= 0.3 is 6.61 Å². The molecule has 2 aliphatic rings. The number of hydrogen-bond donors (Lipinski definition) is 0. The van der Waals surface area contributed by atoms with Crippen LogP contribution in [-0.4, -0.2) is 6.61 Å². The summed E-state index contributed by atoms with van der Waals surface area (Å²) in [5.74, 6) is -0.748. The van der Waals surface area contributed by atoms with Gasteiger partial charge in [0, 0.05) is 0 Å². The Labute approximate surface area is 158 Å². The second-order valence-electron chi connectivity index (χ2n) is 8.11. The quantitative estimate of drug-likeness (QED) is 0.371. The van der Waals surface area contributed by atoms with Gasteiger partial charge < -0.3 is 4.74 Å². The molecule has 0 unspecified atom stereocenters. The van der Waals surface area contributed by atoms with Crippen molar-refractivity contribution in [1.29, 1.82) is 0 Å². The zero-order valence-corrected chi connectivity index (χ0v) is 15.6. The van der Waals surface area contributed by atoms with Gasteiger partial charge in [-0.1, -0.05) is 6.08 Å². The third kappa shape index (κ3) is 5.05. The van der Waals surface area contributed by atoms with Gasteiger partial charge in [0.25, 0.3) is 0 Å². The van der Waals surface area contributed by atoms with Crippen molar-refractivity contribution < 1.29 is 22.3 Å². The number of allylic oxidation sites excluding steroid dienone is 1. The highest BCUT2D eigenvalue weighted by atomic mass is 19.3. The van der Waals surface area contributed by atoms with E-state index >= 15 is 0 Å². The average Bonchev–Trinajstić information content (AvgIpc) is 2.65. The molecular weight excluding hydrogens is 356 g/mol. The number of alkyl halides is 2. The zero-order valence-electron chi connectivity index (χ0n) is 15.6. The van der Waals surface area contributed by atoms with Crippen molar-refractivity contribution in [2.24, 2.45) is 17.8 Å². The summed E-state index contributed by atoms with van der Waals surface area (Å²) in [4.78, 5) is 0. The monoisotopic (exact) mass is 384 g/mol. The van der Waals surface area contributed by atoms with Crippen molar-refractivity contribution in [2.75, 3.05) is 0 Å². The number of halogens is 4. The summed E-state index contributed by atoms with van der Waals surface area (Å²) in [7, 11) is 0. The Bertz CT molecular complexity index is 606. The minimum Gasteiger partial charge on any atom is -0.429 e. The molecule has 0 N–H and O–H groups in total. The van der Waals surface area contributed by atoms with Crippen molar-refractivity contribution in [2.45, 2.75) is 70.3 Å². The second-order valence-corrected chi connectivity index (χ2v) is 8.11. The van der Waals surface area contributed by atoms with Gasteiger partial charge in [-0.3, -0.25) is 0 Å². The number of benzene rings is 1. The van der Waals surface area contributed by atoms with Crippen LogP contribution in [0.15, 0.2) is 24.8 Å². The van der Waals surface area contributed by atoms with Crippen LogP contribution in [0.25, 0.3) is 0 Å². The van der Waals surface area contributed by atoms with E-state index in [1.807, 2.05) is 6.08 Å². The largest absolute Gasteiger partial charge is 0.429 e. The van der Waals surface area contributed by atoms with E-state index in [1.54, 1.807) is 0 Å². The van der Waals surface area contributed by atoms with Crippen LogP contribution in [0.4, 0.5) is 17.6 Å². The molecule has 0 spiro atoms. The topological polar surface area (TPSA) is 9.23 Å². The lowest BCUT2D eigenvalue weighted by atomic mass is 9.68. The smallest absolute Gasteiger partial charge is 0.387 e. The molecule has 3 rings (SSSR count). The molecule has 5 heteroatoms. The first kappa shape index (κ1) is 20.2. The molecule has 0 aromatic heterocycles. The molecule has 0 bridgehead atoms. The van der Waals surface area contributed by atoms with Crippen molar-refractivity contribution >= 4 is 0 Å². The summed E-state index contributed by atoms with van der Waals surface area (Å²) in [6.45, 7) is 0.595. The molecule has 1 aromatic rings. The lowest BCUT2D eigenvalue weighted by Gasteiger charge is -2.38. The highest BCUT2D eigenvalue weighted by Gasteiger charge is 2.31. The standard InChI is InChI=1S/C22H28F4O/c1-2-3-14-4-6-15(7-5-14)16-8-10-17(11-9-16)18-12-19(23)21(20(24)13-18)27-22(25)26/h2,12-17,22H,1,3-11H2/t14-,15-,16-,17-. The van der Waals surface area contributed by atoms with Gasteiger partial charge in [0.2, 0.25) is 0 Å². The maximum Gasteiger partial charge on any atom is 0.387 e. The first-order chi connectivity index (χ1) is 13.0. The van der Waals surface area contributed by atoms with E-state index in [9.17, 15) is 17.6 Å². The fraction of sp³-hybridized carbons (Fsp3) is 0.636. The van der Waals surface area contributed by atoms with Gasteiger partial charge in [-0.15, -0.1) is 6.58 Å². The van der Waals surface area contributed by atoms with Crippen LogP contribution < -0.4 is 4.74 Å². The fourth-order valence-electron chi connectivity index (χ4n) is 5.07. The molecule has 1 aromatic carbocycles. The van der Waals surface area contributed by atoms with E-state index in [2.05, 4.69) is 11.3 Å². The molecule has 150 valence electrons. The maximum atomic E-state index is 14.0. The molecule has 0 amide bonds. The van der Waals surface area contributed by atoms with E-state index in [0.29, 0.717) is 11.5 Å². The fourth-order valence-corrected chi connectivity index (χ4v) is 5.07. The minimum atomic E-state index is -3.24. The summed E-state index contributed by atoms with van der Waals surface area (Å²) in [6.07, 6.45) is 12.2. The lowest BCUT2D eigenvalue weighted by Crippen LogP contribution is -2.25. The van der Waals surface area contributed by atoms with Gasteiger partial charge in [0.1, 0.15) is 0 Å². The zero-order chi connectivity index (χ0) is 19.4. The van der Waals surface area contributed by atoms with E-state index in [-0.39, 0.29) is 5.92 Å². The highest BCUT2D eigenvalue weighted by Crippen LogP contribution is 2.45. The molecule has 0 atom stereocenters. The molecule has 0 saturated heterocycles. The lowest BCUT2D eigenvalue weighted by molar-refractivity contribution is -0.0546. The summed E-state index contributed by atoms with van der Waals surface area (Å²) < 4.78 is 56.5. The first-order valence-corrected chi connectivity index (χ1v) is 10.0. The molecule has 1 nitrogen and oxygen atoms in total. The van der Waals surface area contributed by atoms with Crippen LogP contribution in [0.2, 0.25) is 0 Å². The minimum absolute atomic E-state index is 0.0861. The van der Waals surface area contributed by atoms with Crippen LogP contribution in [0, 0.1) is 29.4 Å². The molecule has 0 radical (unpaired) electrons. The molecule has 2 aliphatic carbocycles. The molecule has 27 heavy (non-hydrogen) atoms. The third-order valence-electron chi connectivity index (χ3n) is 6.53. The van der Waals surface area contributed by atoms with Crippen LogP contribution in [0.5, 0.6) is 5.75 Å². The number of rotatable bonds is 6. The highest BCUT2D eigenvalue weighted by molar-refractivity contribution is 5.33. The Hall–Kier alpha value is -1.52. The SMILES string of the molecule is C=CC[C@H]1CC[C@H]([C@H]2CC[C@H](c3cc(F)c(OC(F)F)c(F)c3)CC2)CC1. The predicted molar refractivity (Wildman–Crippen MR) is 98.0 cm³/mol. The Morgan fingerprint density at radius 1 is 0.926 bits per heavy atom. The number of ether oxygens (including phenoxy) is 1. The Morgan fingerprint density at radius 2 is 1.44 bits per heavy atom. The van der Waals surface area contributed by atoms with E-state index < -0.39 is 24.0 Å². The van der Waals surface area contributed by atoms with Gasteiger partial charge in [0.05, 0.1) is 0 Å². The van der Waals surface area contributed by atoms with Crippen LogP contribution >= 0.6 is 0 Å². The van der Waals surface area contributed by atoms with E-state index in [0.717, 1.165) is 56.1 Å². The maximum absolute atomic E-state index is 14.0. The second kappa shape index (κ2) is 9.11. The molecule has 0 aliphatic heterocycles. The molecular formula is C22H28F4O. The van der Waals surface area contributed by atoms with E-state index in [1.165, 1.54) is 25.7 Å². The summed E-state index contributed by atoms with van der Waals surface area (Å²) in [5, 5.41) is 0. The van der Waals surface area contributed by atoms with Gasteiger partial charge in [0.15, 0.2) is 17.4 Å². The third-order valence-corrected chi connectivity index (χ3v) is 6.53. The van der Waals surface area contributed by atoms with Crippen molar-refractivity contribution in [3.05, 3.63) is 42.0 Å². The average molecular weight is 384 g/mol. The first-order valence-electron chi connectivity index (χ1n) is 10.0. The number of hydrogen-bond acceptors (Lipinski definition) is 1. The van der Waals surface area contributed by atoms with Gasteiger partial charge in [-0.05, 0) is 99.2 Å². The van der Waals surface area contributed by atoms with Crippen LogP contribution in [0.3, 0.4) is 0 Å². The van der Waals surface area contributed by atoms with Crippen molar-refractivity contribution in [3.63, 3.8) is 0 Å². The molecule has 0 heterocycles.